The van der Waals surface area contributed by atoms with Crippen molar-refractivity contribution in [3.05, 3.63) is 111 Å². The maximum Gasteiger partial charge on any atom is 0.259 e. The molecule has 0 aliphatic carbocycles. The lowest BCUT2D eigenvalue weighted by atomic mass is 9.94. The van der Waals surface area contributed by atoms with E-state index >= 15 is 0 Å². The Balaban J connectivity index is 1.91. The summed E-state index contributed by atoms with van der Waals surface area (Å²) in [7, 11) is 1.57. The summed E-state index contributed by atoms with van der Waals surface area (Å²) in [5.74, 6) is -0.305. The van der Waals surface area contributed by atoms with Gasteiger partial charge in [0.2, 0.25) is 5.91 Å². The molecule has 4 aromatic rings. The van der Waals surface area contributed by atoms with Crippen LogP contribution in [0.2, 0.25) is 5.02 Å². The number of likely N-dealkylation sites (N-methyl/N-ethyl adjacent to an activating group) is 1. The van der Waals surface area contributed by atoms with E-state index < -0.39 is 0 Å². The number of aromatic nitrogens is 1. The van der Waals surface area contributed by atoms with E-state index in [4.69, 9.17) is 11.6 Å². The van der Waals surface area contributed by atoms with Crippen LogP contribution in [0.5, 0.6) is 0 Å². The van der Waals surface area contributed by atoms with Crippen molar-refractivity contribution in [1.82, 2.24) is 9.88 Å². The Bertz CT molecular complexity index is 1490. The van der Waals surface area contributed by atoms with E-state index in [0.29, 0.717) is 27.1 Å². The summed E-state index contributed by atoms with van der Waals surface area (Å²) >= 11 is 6.31. The monoisotopic (exact) mass is 484 g/mol. The fourth-order valence-corrected chi connectivity index (χ4v) is 4.27. The van der Waals surface area contributed by atoms with Crippen molar-refractivity contribution in [3.63, 3.8) is 0 Å². The third-order valence-electron chi connectivity index (χ3n) is 5.87. The number of fused-ring (bicyclic) bond motifs is 1. The Hall–Kier alpha value is -3.96. The van der Waals surface area contributed by atoms with Crippen LogP contribution in [-0.4, -0.2) is 23.3 Å². The van der Waals surface area contributed by atoms with Gasteiger partial charge in [-0.15, -0.1) is 0 Å². The van der Waals surface area contributed by atoms with Gasteiger partial charge < -0.3 is 5.32 Å². The number of halogens is 1. The molecule has 0 spiro atoms. The summed E-state index contributed by atoms with van der Waals surface area (Å²) in [6.07, 6.45) is 3.43. The van der Waals surface area contributed by atoms with E-state index in [1.165, 1.54) is 6.08 Å². The molecule has 1 N–H and O–H groups in total. The standard InChI is InChI=1S/C29H25ClN2O3/c1-3-25(33)28-27(21-7-5-4-6-8-21)24-17-22(30)14-15-23(24)29(35)32(28)18-20-11-9-19(10-12-20)13-16-26(34)31-2/h4-17H,3,18H2,1-2H3,(H,31,34)/b16-13+. The van der Waals surface area contributed by atoms with Crippen LogP contribution in [0.4, 0.5) is 0 Å². The number of pyridine rings is 1. The number of hydrogen-bond acceptors (Lipinski definition) is 3. The smallest absolute Gasteiger partial charge is 0.259 e. The van der Waals surface area contributed by atoms with Gasteiger partial charge in [0.25, 0.3) is 5.56 Å². The number of amides is 1. The van der Waals surface area contributed by atoms with Gasteiger partial charge in [0.1, 0.15) is 0 Å². The molecule has 0 saturated heterocycles. The van der Waals surface area contributed by atoms with Gasteiger partial charge in [-0.1, -0.05) is 73.1 Å². The van der Waals surface area contributed by atoms with Crippen LogP contribution in [0.25, 0.3) is 28.0 Å². The molecule has 0 bridgehead atoms. The summed E-state index contributed by atoms with van der Waals surface area (Å²) < 4.78 is 1.57. The van der Waals surface area contributed by atoms with Crippen molar-refractivity contribution in [2.75, 3.05) is 7.05 Å². The van der Waals surface area contributed by atoms with Crippen LogP contribution in [0, 0.1) is 0 Å². The number of Topliss-reactive ketones (excluding diaryl/α,β-unsaturated/α-hetero) is 1. The van der Waals surface area contributed by atoms with Crippen molar-refractivity contribution >= 4 is 40.1 Å². The second-order valence-electron chi connectivity index (χ2n) is 8.14. The molecule has 176 valence electrons. The number of nitrogens with zero attached hydrogens (tertiary/aromatic N) is 1. The lowest BCUT2D eigenvalue weighted by Crippen LogP contribution is -2.28. The molecule has 3 aromatic carbocycles. The molecule has 0 atom stereocenters. The number of benzene rings is 3. The Morgan fingerprint density at radius 1 is 0.971 bits per heavy atom. The van der Waals surface area contributed by atoms with E-state index in [1.54, 1.807) is 42.8 Å². The minimum absolute atomic E-state index is 0.118. The molecule has 1 heterocycles. The number of rotatable bonds is 7. The first kappa shape index (κ1) is 24.2. The Morgan fingerprint density at radius 3 is 2.34 bits per heavy atom. The van der Waals surface area contributed by atoms with Gasteiger partial charge in [0, 0.05) is 35.5 Å². The fourth-order valence-electron chi connectivity index (χ4n) is 4.10. The molecule has 4 rings (SSSR count). The first-order valence-electron chi connectivity index (χ1n) is 11.4. The molecule has 0 aliphatic heterocycles. The molecule has 0 unspecified atom stereocenters. The largest absolute Gasteiger partial charge is 0.356 e. The van der Waals surface area contributed by atoms with E-state index in [-0.39, 0.29) is 30.2 Å². The van der Waals surface area contributed by atoms with E-state index in [2.05, 4.69) is 5.32 Å². The summed E-state index contributed by atoms with van der Waals surface area (Å²) in [6.45, 7) is 2.03. The van der Waals surface area contributed by atoms with Crippen molar-refractivity contribution < 1.29 is 9.59 Å². The van der Waals surface area contributed by atoms with Crippen molar-refractivity contribution in [1.29, 1.82) is 0 Å². The predicted octanol–water partition coefficient (Wildman–Crippen LogP) is 5.72. The molecule has 35 heavy (non-hydrogen) atoms. The van der Waals surface area contributed by atoms with Gasteiger partial charge in [0.15, 0.2) is 5.78 Å². The number of carbonyl (C=O) groups is 2. The second kappa shape index (κ2) is 10.5. The van der Waals surface area contributed by atoms with Gasteiger partial charge >= 0.3 is 0 Å². The number of ketones is 1. The van der Waals surface area contributed by atoms with Crippen molar-refractivity contribution in [2.45, 2.75) is 19.9 Å². The first-order chi connectivity index (χ1) is 16.9. The van der Waals surface area contributed by atoms with Crippen molar-refractivity contribution in [3.8, 4) is 11.1 Å². The maximum absolute atomic E-state index is 13.7. The zero-order valence-electron chi connectivity index (χ0n) is 19.5. The third kappa shape index (κ3) is 5.10. The molecule has 1 amide bonds. The molecule has 6 heteroatoms. The average Bonchev–Trinajstić information content (AvgIpc) is 2.89. The van der Waals surface area contributed by atoms with Crippen LogP contribution in [0.15, 0.2) is 83.7 Å². The topological polar surface area (TPSA) is 68.2 Å². The van der Waals surface area contributed by atoms with Gasteiger partial charge in [0.05, 0.1) is 12.2 Å². The summed E-state index contributed by atoms with van der Waals surface area (Å²) in [5, 5.41) is 4.21. The van der Waals surface area contributed by atoms with Crippen LogP contribution >= 0.6 is 11.6 Å². The van der Waals surface area contributed by atoms with Crippen LogP contribution in [0.1, 0.15) is 35.0 Å². The van der Waals surface area contributed by atoms with Crippen molar-refractivity contribution in [2.24, 2.45) is 0 Å². The van der Waals surface area contributed by atoms with Crippen LogP contribution in [-0.2, 0) is 11.3 Å². The summed E-state index contributed by atoms with van der Waals surface area (Å²) in [6, 6.07) is 22.3. The first-order valence-corrected chi connectivity index (χ1v) is 11.7. The molecule has 0 radical (unpaired) electrons. The quantitative estimate of drug-likeness (QED) is 0.269. The molecule has 0 saturated carbocycles. The highest BCUT2D eigenvalue weighted by atomic mass is 35.5. The second-order valence-corrected chi connectivity index (χ2v) is 8.57. The molecule has 1 aromatic heterocycles. The Labute approximate surface area is 208 Å². The lowest BCUT2D eigenvalue weighted by molar-refractivity contribution is -0.115. The highest BCUT2D eigenvalue weighted by Crippen LogP contribution is 2.33. The highest BCUT2D eigenvalue weighted by Gasteiger charge is 2.22. The highest BCUT2D eigenvalue weighted by molar-refractivity contribution is 6.31. The number of hydrogen-bond donors (Lipinski definition) is 1. The molecule has 0 aliphatic rings. The minimum atomic E-state index is -0.239. The van der Waals surface area contributed by atoms with Gasteiger partial charge in [-0.2, -0.15) is 0 Å². The lowest BCUT2D eigenvalue weighted by Gasteiger charge is -2.19. The van der Waals surface area contributed by atoms with Gasteiger partial charge in [-0.25, -0.2) is 0 Å². The zero-order chi connectivity index (χ0) is 24.9. The minimum Gasteiger partial charge on any atom is -0.356 e. The van der Waals surface area contributed by atoms with Crippen LogP contribution < -0.4 is 10.9 Å². The Kier molecular flexibility index (Phi) is 7.28. The van der Waals surface area contributed by atoms with Gasteiger partial charge in [-0.3, -0.25) is 19.0 Å². The molecule has 5 nitrogen and oxygen atoms in total. The number of nitrogens with one attached hydrogen (secondary N) is 1. The summed E-state index contributed by atoms with van der Waals surface area (Å²) in [5.41, 5.74) is 3.41. The average molecular weight is 485 g/mol. The zero-order valence-corrected chi connectivity index (χ0v) is 20.3. The normalized spacial score (nSPS) is 11.2. The van der Waals surface area contributed by atoms with E-state index in [1.807, 2.05) is 54.6 Å². The third-order valence-corrected chi connectivity index (χ3v) is 6.11. The van der Waals surface area contributed by atoms with Gasteiger partial charge in [-0.05, 0) is 46.4 Å². The molecular formula is C29H25ClN2O3. The molecule has 0 fully saturated rings. The SMILES string of the molecule is CCC(=O)c1c(-c2ccccc2)c2cc(Cl)ccc2c(=O)n1Cc1ccc(/C=C/C(=O)NC)cc1. The van der Waals surface area contributed by atoms with E-state index in [9.17, 15) is 14.4 Å². The predicted molar refractivity (Wildman–Crippen MR) is 142 cm³/mol. The van der Waals surface area contributed by atoms with E-state index in [0.717, 1.165) is 16.7 Å². The molecular weight excluding hydrogens is 460 g/mol. The number of carbonyl (C=O) groups excluding carboxylic acids is 2. The Morgan fingerprint density at radius 2 is 1.69 bits per heavy atom. The maximum atomic E-state index is 13.7. The fraction of sp³-hybridized carbons (Fsp3) is 0.138. The van der Waals surface area contributed by atoms with Crippen LogP contribution in [0.3, 0.4) is 0 Å². The summed E-state index contributed by atoms with van der Waals surface area (Å²) in [4.78, 5) is 38.4.